The lowest BCUT2D eigenvalue weighted by Crippen LogP contribution is -2.25. The van der Waals surface area contributed by atoms with Crippen LogP contribution in [0.15, 0.2) is 18.2 Å². The van der Waals surface area contributed by atoms with E-state index < -0.39 is 0 Å². The third-order valence-electron chi connectivity index (χ3n) is 3.07. The number of hydrogen-bond donors (Lipinski definition) is 1. The summed E-state index contributed by atoms with van der Waals surface area (Å²) in [4.78, 5) is 0. The predicted octanol–water partition coefficient (Wildman–Crippen LogP) is 4.78. The molecule has 1 N–H and O–H groups in total. The number of nitrogens with one attached hydrogen (secondary N) is 1. The van der Waals surface area contributed by atoms with Gasteiger partial charge in [-0.15, -0.1) is 0 Å². The zero-order valence-electron chi connectivity index (χ0n) is 11.5. The molecule has 0 saturated heterocycles. The van der Waals surface area contributed by atoms with E-state index in [2.05, 4.69) is 26.1 Å². The summed E-state index contributed by atoms with van der Waals surface area (Å²) in [5, 5.41) is 4.01. The molecule has 0 aliphatic heterocycles. The first kappa shape index (κ1) is 15.5. The number of benzene rings is 1. The smallest absolute Gasteiger partial charge is 0.123 e. The van der Waals surface area contributed by atoms with Crippen molar-refractivity contribution in [2.45, 2.75) is 52.6 Å². The maximum atomic E-state index is 13.1. The fraction of sp³-hybridized carbons (Fsp3) is 0.600. The van der Waals surface area contributed by atoms with Crippen LogP contribution in [-0.4, -0.2) is 6.04 Å². The lowest BCUT2D eigenvalue weighted by molar-refractivity contribution is 0.456. The minimum absolute atomic E-state index is 0.233. The normalized spacial score (nSPS) is 13.0. The van der Waals surface area contributed by atoms with Gasteiger partial charge in [-0.3, -0.25) is 0 Å². The highest BCUT2D eigenvalue weighted by molar-refractivity contribution is 6.31. The van der Waals surface area contributed by atoms with E-state index in [9.17, 15) is 4.39 Å². The van der Waals surface area contributed by atoms with Crippen LogP contribution >= 0.6 is 11.6 Å². The summed E-state index contributed by atoms with van der Waals surface area (Å²) in [5.74, 6) is 0.526. The molecular weight excluding hydrogens is 249 g/mol. The third-order valence-corrected chi connectivity index (χ3v) is 3.44. The van der Waals surface area contributed by atoms with Crippen LogP contribution in [0.3, 0.4) is 0 Å². The lowest BCUT2D eigenvalue weighted by Gasteiger charge is -2.15. The van der Waals surface area contributed by atoms with Crippen LogP contribution in [0, 0.1) is 11.7 Å². The van der Waals surface area contributed by atoms with Gasteiger partial charge in [0.05, 0.1) is 0 Å². The summed E-state index contributed by atoms with van der Waals surface area (Å²) in [5.41, 5.74) is 0.826. The van der Waals surface area contributed by atoms with Gasteiger partial charge in [0.15, 0.2) is 0 Å². The Balaban J connectivity index is 2.33. The van der Waals surface area contributed by atoms with Gasteiger partial charge >= 0.3 is 0 Å². The van der Waals surface area contributed by atoms with Crippen LogP contribution < -0.4 is 5.32 Å². The highest BCUT2D eigenvalue weighted by Crippen LogP contribution is 2.17. The average Bonchev–Trinajstić information content (AvgIpc) is 2.30. The maximum Gasteiger partial charge on any atom is 0.123 e. The SMILES string of the molecule is CC(C)CCCC(C)NCc1cc(F)ccc1Cl. The molecule has 0 aliphatic carbocycles. The molecule has 0 radical (unpaired) electrons. The van der Waals surface area contributed by atoms with Crippen LogP contribution in [0.1, 0.15) is 45.6 Å². The van der Waals surface area contributed by atoms with E-state index in [-0.39, 0.29) is 5.82 Å². The van der Waals surface area contributed by atoms with Gasteiger partial charge in [-0.05, 0) is 43.0 Å². The van der Waals surface area contributed by atoms with Gasteiger partial charge in [0.2, 0.25) is 0 Å². The second-order valence-electron chi connectivity index (χ2n) is 5.34. The summed E-state index contributed by atoms with van der Waals surface area (Å²) in [6, 6.07) is 4.92. The molecule has 0 heterocycles. The first-order valence-electron chi connectivity index (χ1n) is 6.66. The second-order valence-corrected chi connectivity index (χ2v) is 5.75. The Labute approximate surface area is 115 Å². The molecule has 1 nitrogen and oxygen atoms in total. The number of halogens is 2. The summed E-state index contributed by atoms with van der Waals surface area (Å²) >= 11 is 6.02. The lowest BCUT2D eigenvalue weighted by atomic mass is 10.0. The van der Waals surface area contributed by atoms with E-state index in [1.165, 1.54) is 25.0 Å². The second kappa shape index (κ2) is 7.75. The van der Waals surface area contributed by atoms with Crippen molar-refractivity contribution < 1.29 is 4.39 Å². The molecule has 0 amide bonds. The molecule has 0 fully saturated rings. The van der Waals surface area contributed by atoms with Gasteiger partial charge in [-0.2, -0.15) is 0 Å². The molecule has 1 rings (SSSR count). The van der Waals surface area contributed by atoms with Gasteiger partial charge in [0.25, 0.3) is 0 Å². The Bertz CT molecular complexity index is 366. The largest absolute Gasteiger partial charge is 0.310 e. The van der Waals surface area contributed by atoms with Crippen molar-refractivity contribution in [3.05, 3.63) is 34.6 Å². The van der Waals surface area contributed by atoms with Crippen LogP contribution in [0.5, 0.6) is 0 Å². The zero-order valence-corrected chi connectivity index (χ0v) is 12.2. The van der Waals surface area contributed by atoms with Gasteiger partial charge in [-0.1, -0.05) is 38.3 Å². The molecule has 102 valence electrons. The van der Waals surface area contributed by atoms with Gasteiger partial charge in [0, 0.05) is 17.6 Å². The topological polar surface area (TPSA) is 12.0 Å². The molecule has 1 aromatic carbocycles. The van der Waals surface area contributed by atoms with E-state index in [1.807, 2.05) is 0 Å². The molecule has 1 aromatic rings. The quantitative estimate of drug-likeness (QED) is 0.752. The molecule has 0 bridgehead atoms. The van der Waals surface area contributed by atoms with Crippen molar-refractivity contribution in [1.82, 2.24) is 5.32 Å². The zero-order chi connectivity index (χ0) is 13.5. The van der Waals surface area contributed by atoms with Crippen molar-refractivity contribution in [3.8, 4) is 0 Å². The van der Waals surface area contributed by atoms with Gasteiger partial charge < -0.3 is 5.32 Å². The Morgan fingerprint density at radius 1 is 1.22 bits per heavy atom. The summed E-state index contributed by atoms with van der Waals surface area (Å²) < 4.78 is 13.1. The van der Waals surface area contributed by atoms with Crippen molar-refractivity contribution in [2.75, 3.05) is 0 Å². The standard InChI is InChI=1S/C15H23ClFN/c1-11(2)5-4-6-12(3)18-10-13-9-14(17)7-8-15(13)16/h7-9,11-12,18H,4-6,10H2,1-3H3. The first-order chi connectivity index (χ1) is 8.49. The van der Waals surface area contributed by atoms with Gasteiger partial charge in [-0.25, -0.2) is 4.39 Å². The first-order valence-corrected chi connectivity index (χ1v) is 7.04. The Morgan fingerprint density at radius 3 is 2.61 bits per heavy atom. The fourth-order valence-corrected chi connectivity index (χ4v) is 2.08. The number of rotatable bonds is 7. The Morgan fingerprint density at radius 2 is 1.94 bits per heavy atom. The molecule has 1 unspecified atom stereocenters. The summed E-state index contributed by atoms with van der Waals surface area (Å²) in [7, 11) is 0. The average molecular weight is 272 g/mol. The fourth-order valence-electron chi connectivity index (χ4n) is 1.90. The molecule has 0 aromatic heterocycles. The third kappa shape index (κ3) is 5.83. The van der Waals surface area contributed by atoms with Crippen LogP contribution in [0.2, 0.25) is 5.02 Å². The van der Waals surface area contributed by atoms with Crippen LogP contribution in [0.25, 0.3) is 0 Å². The van der Waals surface area contributed by atoms with Crippen LogP contribution in [-0.2, 0) is 6.54 Å². The van der Waals surface area contributed by atoms with E-state index in [4.69, 9.17) is 11.6 Å². The Kier molecular flexibility index (Phi) is 6.66. The van der Waals surface area contributed by atoms with Crippen molar-refractivity contribution in [1.29, 1.82) is 0 Å². The molecular formula is C15H23ClFN. The van der Waals surface area contributed by atoms with Crippen molar-refractivity contribution in [2.24, 2.45) is 5.92 Å². The predicted molar refractivity (Wildman–Crippen MR) is 76.4 cm³/mol. The maximum absolute atomic E-state index is 13.1. The van der Waals surface area contributed by atoms with Crippen LogP contribution in [0.4, 0.5) is 4.39 Å². The minimum atomic E-state index is -0.233. The van der Waals surface area contributed by atoms with Crippen molar-refractivity contribution in [3.63, 3.8) is 0 Å². The molecule has 0 aliphatic rings. The van der Waals surface area contributed by atoms with E-state index in [1.54, 1.807) is 6.07 Å². The summed E-state index contributed by atoms with van der Waals surface area (Å²) in [6.45, 7) is 7.27. The van der Waals surface area contributed by atoms with Crippen molar-refractivity contribution >= 4 is 11.6 Å². The van der Waals surface area contributed by atoms with E-state index in [0.717, 1.165) is 17.9 Å². The monoisotopic (exact) mass is 271 g/mol. The highest BCUT2D eigenvalue weighted by atomic mass is 35.5. The van der Waals surface area contributed by atoms with E-state index in [0.29, 0.717) is 17.6 Å². The Hall–Kier alpha value is -0.600. The molecule has 18 heavy (non-hydrogen) atoms. The molecule has 0 spiro atoms. The molecule has 1 atom stereocenters. The summed E-state index contributed by atoms with van der Waals surface area (Å²) in [6.07, 6.45) is 3.63. The minimum Gasteiger partial charge on any atom is -0.310 e. The number of hydrogen-bond acceptors (Lipinski definition) is 1. The molecule has 0 saturated carbocycles. The van der Waals surface area contributed by atoms with Gasteiger partial charge in [0.1, 0.15) is 5.82 Å². The highest BCUT2D eigenvalue weighted by Gasteiger charge is 2.06. The molecule has 3 heteroatoms. The van der Waals surface area contributed by atoms with E-state index >= 15 is 0 Å².